The summed E-state index contributed by atoms with van der Waals surface area (Å²) in [5, 5.41) is 3.72. The SMILES string of the molecule is [C-]#[N+]c1ccc(N(Cc2noc(C3CCCN(C(=O)OC(C)(C)C)C3)n2)CC(F)(F)F)cc1C(F)(F)F. The monoisotopic (exact) mass is 533 g/mol. The minimum atomic E-state index is -4.93. The number of likely N-dealkylation sites (tertiary alicyclic amines) is 1. The van der Waals surface area contributed by atoms with Gasteiger partial charge in [-0.2, -0.15) is 31.3 Å². The van der Waals surface area contributed by atoms with Crippen molar-refractivity contribution in [3.8, 4) is 0 Å². The van der Waals surface area contributed by atoms with Gasteiger partial charge >= 0.3 is 18.4 Å². The number of benzene rings is 1. The van der Waals surface area contributed by atoms with Gasteiger partial charge in [-0.3, -0.25) is 0 Å². The fourth-order valence-corrected chi connectivity index (χ4v) is 3.84. The van der Waals surface area contributed by atoms with Crippen LogP contribution in [0.25, 0.3) is 4.85 Å². The maximum atomic E-state index is 13.4. The van der Waals surface area contributed by atoms with Crippen molar-refractivity contribution >= 4 is 17.5 Å². The largest absolute Gasteiger partial charge is 0.444 e. The first-order valence-corrected chi connectivity index (χ1v) is 11.3. The second kappa shape index (κ2) is 10.5. The number of carbonyl (C=O) groups is 1. The van der Waals surface area contributed by atoms with Gasteiger partial charge in [-0.25, -0.2) is 9.64 Å². The number of ether oxygens (including phenoxy) is 1. The highest BCUT2D eigenvalue weighted by atomic mass is 19.4. The molecule has 1 aromatic heterocycles. The molecule has 2 heterocycles. The van der Waals surface area contributed by atoms with Gasteiger partial charge in [0.15, 0.2) is 11.5 Å². The fourth-order valence-electron chi connectivity index (χ4n) is 3.84. The van der Waals surface area contributed by atoms with Crippen LogP contribution in [0, 0.1) is 6.57 Å². The van der Waals surface area contributed by atoms with Crippen molar-refractivity contribution in [3.63, 3.8) is 0 Å². The van der Waals surface area contributed by atoms with E-state index >= 15 is 0 Å². The highest BCUT2D eigenvalue weighted by Crippen LogP contribution is 2.39. The summed E-state index contributed by atoms with van der Waals surface area (Å²) >= 11 is 0. The number of aromatic nitrogens is 2. The molecule has 1 unspecified atom stereocenters. The van der Waals surface area contributed by atoms with E-state index < -0.39 is 54.1 Å². The van der Waals surface area contributed by atoms with Crippen LogP contribution < -0.4 is 4.90 Å². The number of amides is 1. The Labute approximate surface area is 209 Å². The molecule has 0 spiro atoms. The van der Waals surface area contributed by atoms with Gasteiger partial charge in [0, 0.05) is 18.8 Å². The van der Waals surface area contributed by atoms with E-state index in [1.807, 2.05) is 0 Å². The van der Waals surface area contributed by atoms with Crippen LogP contribution in [0.1, 0.15) is 56.8 Å². The van der Waals surface area contributed by atoms with E-state index in [-0.39, 0.29) is 24.2 Å². The first-order valence-electron chi connectivity index (χ1n) is 11.3. The molecule has 3 rings (SSSR count). The Bertz CT molecular complexity index is 1150. The van der Waals surface area contributed by atoms with E-state index in [9.17, 15) is 31.1 Å². The lowest BCUT2D eigenvalue weighted by atomic mass is 9.98. The van der Waals surface area contributed by atoms with Crippen LogP contribution in [0.4, 0.5) is 42.5 Å². The number of piperidine rings is 1. The van der Waals surface area contributed by atoms with Crippen molar-refractivity contribution < 1.29 is 40.4 Å². The lowest BCUT2D eigenvalue weighted by Crippen LogP contribution is -2.42. The van der Waals surface area contributed by atoms with E-state index in [1.54, 1.807) is 20.8 Å². The van der Waals surface area contributed by atoms with Crippen LogP contribution >= 0.6 is 0 Å². The summed E-state index contributed by atoms with van der Waals surface area (Å²) in [5.74, 6) is -0.445. The van der Waals surface area contributed by atoms with Gasteiger partial charge in [0.2, 0.25) is 5.89 Å². The van der Waals surface area contributed by atoms with Crippen molar-refractivity contribution in [2.24, 2.45) is 0 Å². The molecule has 2 aromatic rings. The zero-order valence-electron chi connectivity index (χ0n) is 20.3. The molecule has 1 aliphatic rings. The third kappa shape index (κ3) is 7.74. The summed E-state index contributed by atoms with van der Waals surface area (Å²) < 4.78 is 90.6. The molecular weight excluding hydrogens is 508 g/mol. The first kappa shape index (κ1) is 28.1. The lowest BCUT2D eigenvalue weighted by molar-refractivity contribution is -0.136. The second-order valence-electron chi connectivity index (χ2n) is 9.60. The standard InChI is InChI=1S/C23H25F6N5O3/c1-21(2,3)36-20(35)33-9-5-6-14(11-33)19-31-18(32-37-19)12-34(13-22(24,25)26)15-7-8-17(30-4)16(10-15)23(27,28)29/h7-8,10,14H,5-6,9,11-13H2,1-3H3. The number of rotatable bonds is 5. The molecule has 1 saturated heterocycles. The van der Waals surface area contributed by atoms with Crippen molar-refractivity contribution in [1.82, 2.24) is 15.0 Å². The first-order chi connectivity index (χ1) is 17.1. The van der Waals surface area contributed by atoms with Gasteiger partial charge in [0.05, 0.1) is 24.6 Å². The molecule has 0 N–H and O–H groups in total. The van der Waals surface area contributed by atoms with Crippen molar-refractivity contribution in [2.75, 3.05) is 24.5 Å². The van der Waals surface area contributed by atoms with Crippen molar-refractivity contribution in [3.05, 3.63) is 46.9 Å². The van der Waals surface area contributed by atoms with Crippen LogP contribution in [0.5, 0.6) is 0 Å². The molecule has 0 radical (unpaired) electrons. The Morgan fingerprint density at radius 2 is 1.95 bits per heavy atom. The smallest absolute Gasteiger partial charge is 0.410 e. The average molecular weight is 533 g/mol. The number of nitrogens with zero attached hydrogens (tertiary/aromatic N) is 5. The molecule has 0 aliphatic carbocycles. The summed E-state index contributed by atoms with van der Waals surface area (Å²) in [6, 6.07) is 2.33. The van der Waals surface area contributed by atoms with Crippen LogP contribution in [0.3, 0.4) is 0 Å². The van der Waals surface area contributed by atoms with E-state index in [0.717, 1.165) is 12.1 Å². The van der Waals surface area contributed by atoms with Gasteiger partial charge in [0.25, 0.3) is 0 Å². The number of halogens is 6. The number of hydrogen-bond acceptors (Lipinski definition) is 6. The van der Waals surface area contributed by atoms with Crippen LogP contribution in [-0.2, 0) is 17.5 Å². The maximum absolute atomic E-state index is 13.4. The lowest BCUT2D eigenvalue weighted by Gasteiger charge is -2.32. The Hall–Kier alpha value is -3.50. The number of anilines is 1. The molecule has 0 saturated carbocycles. The van der Waals surface area contributed by atoms with E-state index in [0.29, 0.717) is 30.4 Å². The third-order valence-electron chi connectivity index (χ3n) is 5.38. The minimum absolute atomic E-state index is 0.106. The Kier molecular flexibility index (Phi) is 7.94. The summed E-state index contributed by atoms with van der Waals surface area (Å²) in [6.07, 6.45) is -9.01. The molecule has 202 valence electrons. The summed E-state index contributed by atoms with van der Waals surface area (Å²) in [5.41, 5.74) is -3.16. The Morgan fingerprint density at radius 3 is 2.54 bits per heavy atom. The van der Waals surface area contributed by atoms with E-state index in [4.69, 9.17) is 15.8 Å². The second-order valence-corrected chi connectivity index (χ2v) is 9.60. The molecule has 1 amide bonds. The van der Waals surface area contributed by atoms with Crippen LogP contribution in [0.2, 0.25) is 0 Å². The predicted octanol–water partition coefficient (Wildman–Crippen LogP) is 6.32. The third-order valence-corrected chi connectivity index (χ3v) is 5.38. The van der Waals surface area contributed by atoms with Gasteiger partial charge < -0.3 is 19.1 Å². The van der Waals surface area contributed by atoms with Gasteiger partial charge in [0.1, 0.15) is 12.1 Å². The molecule has 8 nitrogen and oxygen atoms in total. The number of carbonyl (C=O) groups excluding carboxylic acids is 1. The normalized spacial score (nSPS) is 16.9. The van der Waals surface area contributed by atoms with Gasteiger partial charge in [-0.15, -0.1) is 0 Å². The van der Waals surface area contributed by atoms with Crippen LogP contribution in [0.15, 0.2) is 22.7 Å². The fraction of sp³-hybridized carbons (Fsp3) is 0.565. The Morgan fingerprint density at radius 1 is 1.24 bits per heavy atom. The topological polar surface area (TPSA) is 76.1 Å². The molecule has 37 heavy (non-hydrogen) atoms. The Balaban J connectivity index is 1.81. The van der Waals surface area contributed by atoms with Crippen LogP contribution in [-0.4, -0.2) is 52.5 Å². The molecule has 1 aromatic carbocycles. The van der Waals surface area contributed by atoms with E-state index in [2.05, 4.69) is 15.0 Å². The zero-order valence-corrected chi connectivity index (χ0v) is 20.3. The molecule has 14 heteroatoms. The molecular formula is C23H25F6N5O3. The predicted molar refractivity (Wildman–Crippen MR) is 119 cm³/mol. The summed E-state index contributed by atoms with van der Waals surface area (Å²) in [4.78, 5) is 21.5. The van der Waals surface area contributed by atoms with Crippen molar-refractivity contribution in [2.45, 2.75) is 64.0 Å². The average Bonchev–Trinajstić information content (AvgIpc) is 3.24. The van der Waals surface area contributed by atoms with Gasteiger partial charge in [-0.05, 0) is 45.7 Å². The maximum Gasteiger partial charge on any atom is 0.410 e. The minimum Gasteiger partial charge on any atom is -0.444 e. The summed E-state index contributed by atoms with van der Waals surface area (Å²) in [7, 11) is 0. The highest BCUT2D eigenvalue weighted by Gasteiger charge is 2.37. The van der Waals surface area contributed by atoms with Crippen molar-refractivity contribution in [1.29, 1.82) is 0 Å². The molecule has 0 bridgehead atoms. The quantitative estimate of drug-likeness (QED) is 0.331. The highest BCUT2D eigenvalue weighted by molar-refractivity contribution is 5.68. The molecule has 1 aliphatic heterocycles. The molecule has 1 atom stereocenters. The number of hydrogen-bond donors (Lipinski definition) is 0. The number of alkyl halides is 6. The van der Waals surface area contributed by atoms with Gasteiger partial charge in [-0.1, -0.05) is 11.2 Å². The molecule has 1 fully saturated rings. The van der Waals surface area contributed by atoms with E-state index in [1.165, 1.54) is 4.90 Å². The zero-order chi connectivity index (χ0) is 27.6. The summed E-state index contributed by atoms with van der Waals surface area (Å²) in [6.45, 7) is 10.6.